The zero-order valence-corrected chi connectivity index (χ0v) is 15.6. The van der Waals surface area contributed by atoms with Gasteiger partial charge in [0.15, 0.2) is 5.13 Å². The zero-order valence-electron chi connectivity index (χ0n) is 14.0. The second-order valence-electron chi connectivity index (χ2n) is 6.12. The number of sulfonamides is 1. The summed E-state index contributed by atoms with van der Waals surface area (Å²) in [6.07, 6.45) is 2.58. The summed E-state index contributed by atoms with van der Waals surface area (Å²) in [7, 11) is -3.59. The normalized spacial score (nSPS) is 18.8. The molecule has 3 rings (SSSR count). The summed E-state index contributed by atoms with van der Waals surface area (Å²) in [5, 5.41) is 5.18. The lowest BCUT2D eigenvalue weighted by atomic mass is 10.0. The highest BCUT2D eigenvalue weighted by Gasteiger charge is 2.34. The quantitative estimate of drug-likeness (QED) is 0.866. The van der Waals surface area contributed by atoms with Crippen molar-refractivity contribution in [3.63, 3.8) is 0 Å². The van der Waals surface area contributed by atoms with Crippen LogP contribution in [0, 0.1) is 6.92 Å². The lowest BCUT2D eigenvalue weighted by molar-refractivity contribution is -0.117. The number of hydrogen-bond donors (Lipinski definition) is 1. The van der Waals surface area contributed by atoms with Gasteiger partial charge in [0.05, 0.1) is 10.6 Å². The molecule has 0 unspecified atom stereocenters. The third-order valence-corrected chi connectivity index (χ3v) is 7.05. The number of nitrogens with zero attached hydrogens (tertiary/aromatic N) is 2. The van der Waals surface area contributed by atoms with Gasteiger partial charge in [-0.2, -0.15) is 4.31 Å². The Morgan fingerprint density at radius 3 is 2.76 bits per heavy atom. The molecule has 1 amide bonds. The summed E-state index contributed by atoms with van der Waals surface area (Å²) < 4.78 is 27.3. The van der Waals surface area contributed by atoms with Crippen LogP contribution in [0.3, 0.4) is 0 Å². The van der Waals surface area contributed by atoms with Crippen LogP contribution in [0.4, 0.5) is 5.13 Å². The van der Waals surface area contributed by atoms with Gasteiger partial charge < -0.3 is 5.32 Å². The molecule has 2 heterocycles. The number of aryl methyl sites for hydroxylation is 1. The van der Waals surface area contributed by atoms with Crippen LogP contribution in [0.5, 0.6) is 0 Å². The van der Waals surface area contributed by atoms with E-state index in [0.717, 1.165) is 18.5 Å². The predicted octanol–water partition coefficient (Wildman–Crippen LogP) is 3.02. The number of piperidine rings is 1. The van der Waals surface area contributed by atoms with Gasteiger partial charge >= 0.3 is 0 Å². The van der Waals surface area contributed by atoms with Crippen molar-refractivity contribution in [2.75, 3.05) is 11.9 Å². The van der Waals surface area contributed by atoms with Crippen molar-refractivity contribution < 1.29 is 13.2 Å². The smallest absolute Gasteiger partial charge is 0.243 e. The van der Waals surface area contributed by atoms with Gasteiger partial charge in [-0.3, -0.25) is 4.79 Å². The Morgan fingerprint density at radius 1 is 1.32 bits per heavy atom. The molecule has 1 fully saturated rings. The standard InChI is InChI=1S/C17H21N3O3S2/c1-13-12-24-17(18-13)19-16(21)11-14-7-5-6-10-20(14)25(22,23)15-8-3-2-4-9-15/h2-4,8-9,12,14H,5-7,10-11H2,1H3,(H,18,19,21)/t14-/m1/s1. The number of carbonyl (C=O) groups excluding carboxylic acids is 1. The highest BCUT2D eigenvalue weighted by Crippen LogP contribution is 2.27. The van der Waals surface area contributed by atoms with E-state index in [1.54, 1.807) is 30.3 Å². The first-order valence-corrected chi connectivity index (χ1v) is 10.6. The second kappa shape index (κ2) is 7.63. The van der Waals surface area contributed by atoms with E-state index < -0.39 is 10.0 Å². The molecule has 1 aromatic carbocycles. The number of rotatable bonds is 5. The van der Waals surface area contributed by atoms with E-state index >= 15 is 0 Å². The predicted molar refractivity (Wildman–Crippen MR) is 98.1 cm³/mol. The fraction of sp³-hybridized carbons (Fsp3) is 0.412. The Hall–Kier alpha value is -1.77. The molecule has 1 aliphatic heterocycles. The van der Waals surface area contributed by atoms with Gasteiger partial charge in [0.2, 0.25) is 15.9 Å². The van der Waals surface area contributed by atoms with Crippen molar-refractivity contribution in [2.24, 2.45) is 0 Å². The highest BCUT2D eigenvalue weighted by atomic mass is 32.2. The Labute approximate surface area is 151 Å². The van der Waals surface area contributed by atoms with E-state index in [1.807, 2.05) is 12.3 Å². The monoisotopic (exact) mass is 379 g/mol. The van der Waals surface area contributed by atoms with Gasteiger partial charge in [0.1, 0.15) is 0 Å². The molecule has 25 heavy (non-hydrogen) atoms. The Balaban J connectivity index is 1.73. The molecular weight excluding hydrogens is 358 g/mol. The van der Waals surface area contributed by atoms with Gasteiger partial charge in [-0.25, -0.2) is 13.4 Å². The number of nitrogens with one attached hydrogen (secondary N) is 1. The van der Waals surface area contributed by atoms with Gasteiger partial charge in [0.25, 0.3) is 0 Å². The van der Waals surface area contributed by atoms with E-state index in [2.05, 4.69) is 10.3 Å². The Morgan fingerprint density at radius 2 is 2.08 bits per heavy atom. The summed E-state index contributed by atoms with van der Waals surface area (Å²) >= 11 is 1.37. The summed E-state index contributed by atoms with van der Waals surface area (Å²) in [5.41, 5.74) is 0.853. The van der Waals surface area contributed by atoms with Crippen molar-refractivity contribution in [1.29, 1.82) is 0 Å². The Kier molecular flexibility index (Phi) is 5.51. The highest BCUT2D eigenvalue weighted by molar-refractivity contribution is 7.89. The van der Waals surface area contributed by atoms with E-state index in [9.17, 15) is 13.2 Å². The SMILES string of the molecule is Cc1csc(NC(=O)C[C@H]2CCCCN2S(=O)(=O)c2ccccc2)n1. The van der Waals surface area contributed by atoms with Gasteiger partial charge in [-0.15, -0.1) is 11.3 Å². The topological polar surface area (TPSA) is 79.4 Å². The molecular formula is C17H21N3O3S2. The second-order valence-corrected chi connectivity index (χ2v) is 8.87. The van der Waals surface area contributed by atoms with Crippen LogP contribution in [0.1, 0.15) is 31.4 Å². The van der Waals surface area contributed by atoms with Crippen molar-refractivity contribution in [2.45, 2.75) is 43.5 Å². The molecule has 1 atom stereocenters. The fourth-order valence-electron chi connectivity index (χ4n) is 3.02. The summed E-state index contributed by atoms with van der Waals surface area (Å²) in [6.45, 7) is 2.31. The van der Waals surface area contributed by atoms with Gasteiger partial charge in [0, 0.05) is 24.4 Å². The minimum atomic E-state index is -3.59. The lowest BCUT2D eigenvalue weighted by Gasteiger charge is -2.34. The number of anilines is 1. The molecule has 0 aliphatic carbocycles. The first-order valence-electron chi connectivity index (χ1n) is 8.26. The molecule has 1 aromatic heterocycles. The molecule has 0 bridgehead atoms. The summed E-state index contributed by atoms with van der Waals surface area (Å²) in [6, 6.07) is 8.09. The van der Waals surface area contributed by atoms with Crippen LogP contribution >= 0.6 is 11.3 Å². The molecule has 6 nitrogen and oxygen atoms in total. The molecule has 134 valence electrons. The maximum atomic E-state index is 12.9. The molecule has 1 aliphatic rings. The minimum absolute atomic E-state index is 0.144. The van der Waals surface area contributed by atoms with E-state index in [1.165, 1.54) is 15.6 Å². The summed E-state index contributed by atoms with van der Waals surface area (Å²) in [4.78, 5) is 16.8. The van der Waals surface area contributed by atoms with Crippen molar-refractivity contribution in [1.82, 2.24) is 9.29 Å². The van der Waals surface area contributed by atoms with Gasteiger partial charge in [-0.05, 0) is 31.9 Å². The number of hydrogen-bond acceptors (Lipinski definition) is 5. The fourth-order valence-corrected chi connectivity index (χ4v) is 5.44. The first kappa shape index (κ1) is 18.0. The third kappa shape index (κ3) is 4.26. The molecule has 1 saturated heterocycles. The average Bonchev–Trinajstić information content (AvgIpc) is 3.00. The van der Waals surface area contributed by atoms with Crippen LogP contribution < -0.4 is 5.32 Å². The van der Waals surface area contributed by atoms with Crippen molar-refractivity contribution in [3.05, 3.63) is 41.4 Å². The number of thiazole rings is 1. The minimum Gasteiger partial charge on any atom is -0.302 e. The van der Waals surface area contributed by atoms with Crippen LogP contribution in [0.25, 0.3) is 0 Å². The third-order valence-electron chi connectivity index (χ3n) is 4.21. The molecule has 8 heteroatoms. The molecule has 0 saturated carbocycles. The zero-order chi connectivity index (χ0) is 17.9. The van der Waals surface area contributed by atoms with Crippen LogP contribution in [0.2, 0.25) is 0 Å². The van der Waals surface area contributed by atoms with E-state index in [0.29, 0.717) is 18.1 Å². The maximum absolute atomic E-state index is 12.9. The van der Waals surface area contributed by atoms with Crippen molar-refractivity contribution in [3.8, 4) is 0 Å². The number of amides is 1. The first-order chi connectivity index (χ1) is 12.0. The maximum Gasteiger partial charge on any atom is 0.243 e. The molecule has 0 radical (unpaired) electrons. The molecule has 0 spiro atoms. The van der Waals surface area contributed by atoms with Crippen LogP contribution in [-0.2, 0) is 14.8 Å². The van der Waals surface area contributed by atoms with E-state index in [-0.39, 0.29) is 23.3 Å². The average molecular weight is 380 g/mol. The Bertz CT molecular complexity index is 834. The van der Waals surface area contributed by atoms with Crippen molar-refractivity contribution >= 4 is 32.4 Å². The largest absolute Gasteiger partial charge is 0.302 e. The number of carbonyl (C=O) groups is 1. The van der Waals surface area contributed by atoms with Gasteiger partial charge in [-0.1, -0.05) is 24.6 Å². The van der Waals surface area contributed by atoms with Crippen LogP contribution in [-0.4, -0.2) is 36.2 Å². The molecule has 1 N–H and O–H groups in total. The number of aromatic nitrogens is 1. The van der Waals surface area contributed by atoms with E-state index in [4.69, 9.17) is 0 Å². The number of benzene rings is 1. The van der Waals surface area contributed by atoms with Crippen LogP contribution in [0.15, 0.2) is 40.6 Å². The molecule has 2 aromatic rings. The lowest BCUT2D eigenvalue weighted by Crippen LogP contribution is -2.45. The summed E-state index contributed by atoms with van der Waals surface area (Å²) in [5.74, 6) is -0.200.